The molecule has 3 aromatic heterocycles. The molecule has 0 unspecified atom stereocenters. The molecule has 2 N–H and O–H groups in total. The highest BCUT2D eigenvalue weighted by atomic mass is 16.2. The first-order valence-corrected chi connectivity index (χ1v) is 9.92. The number of amides is 3. The molecule has 0 radical (unpaired) electrons. The molecule has 3 aromatic rings. The molecule has 0 atom stereocenters. The monoisotopic (exact) mass is 424 g/mol. The molecule has 5 heterocycles. The van der Waals surface area contributed by atoms with Crippen LogP contribution in [0.2, 0.25) is 0 Å². The van der Waals surface area contributed by atoms with Crippen LogP contribution in [-0.2, 0) is 11.3 Å². The summed E-state index contributed by atoms with van der Waals surface area (Å²) >= 11 is 0. The van der Waals surface area contributed by atoms with Gasteiger partial charge in [0.1, 0.15) is 11.1 Å². The molecule has 5 rings (SSSR count). The first-order valence-electron chi connectivity index (χ1n) is 9.92. The zero-order valence-corrected chi connectivity index (χ0v) is 16.5. The average Bonchev–Trinajstić information content (AvgIpc) is 3.32. The highest BCUT2D eigenvalue weighted by Crippen LogP contribution is 2.32. The molecule has 0 bridgehead atoms. The molecule has 2 aliphatic heterocycles. The highest BCUT2D eigenvalue weighted by molar-refractivity contribution is 6.07. The number of fused-ring (bicyclic) bond motifs is 1. The van der Waals surface area contributed by atoms with Crippen molar-refractivity contribution in [3.63, 3.8) is 0 Å². The van der Waals surface area contributed by atoms with Crippen molar-refractivity contribution in [1.82, 2.24) is 34.1 Å². The Morgan fingerprint density at radius 3 is 2.65 bits per heavy atom. The molecule has 0 aliphatic carbocycles. The number of carbonyl (C=O) groups excluding carboxylic acids is 2. The Hall–Kier alpha value is -3.96. The third-order valence-corrected chi connectivity index (χ3v) is 5.94. The lowest BCUT2D eigenvalue weighted by Crippen LogP contribution is -2.55. The smallest absolute Gasteiger partial charge is 0.328 e. The number of imide groups is 1. The lowest BCUT2D eigenvalue weighted by molar-refractivity contribution is -0.132. The summed E-state index contributed by atoms with van der Waals surface area (Å²) < 4.78 is 3.14. The lowest BCUT2D eigenvalue weighted by atomic mass is 9.87. The number of rotatable bonds is 4. The van der Waals surface area contributed by atoms with Gasteiger partial charge in [0.25, 0.3) is 11.5 Å². The van der Waals surface area contributed by atoms with Gasteiger partial charge in [0, 0.05) is 50.8 Å². The van der Waals surface area contributed by atoms with Crippen LogP contribution < -0.4 is 21.5 Å². The van der Waals surface area contributed by atoms with Gasteiger partial charge in [-0.3, -0.25) is 24.0 Å². The summed E-state index contributed by atoms with van der Waals surface area (Å²) in [6, 6.07) is 0.756. The number of aromatic nitrogens is 5. The number of piperidine rings is 1. The summed E-state index contributed by atoms with van der Waals surface area (Å²) in [4.78, 5) is 62.7. The van der Waals surface area contributed by atoms with Crippen LogP contribution in [0.1, 0.15) is 12.8 Å². The predicted molar refractivity (Wildman–Crippen MR) is 109 cm³/mol. The number of hydrogen-bond donors (Lipinski definition) is 2. The van der Waals surface area contributed by atoms with Crippen LogP contribution in [0.25, 0.3) is 5.52 Å². The molecule has 0 saturated carbocycles. The number of aromatic amines is 1. The van der Waals surface area contributed by atoms with Gasteiger partial charge in [-0.1, -0.05) is 0 Å². The van der Waals surface area contributed by atoms with Crippen LogP contribution >= 0.6 is 0 Å². The zero-order chi connectivity index (χ0) is 21.6. The molecular weight excluding hydrogens is 404 g/mol. The second-order valence-corrected chi connectivity index (χ2v) is 7.70. The van der Waals surface area contributed by atoms with Crippen molar-refractivity contribution in [1.29, 1.82) is 0 Å². The van der Waals surface area contributed by atoms with Gasteiger partial charge in [-0.05, 0) is 12.8 Å². The Bertz CT molecular complexity index is 1280. The van der Waals surface area contributed by atoms with Gasteiger partial charge in [-0.15, -0.1) is 0 Å². The highest BCUT2D eigenvalue weighted by Gasteiger charge is 2.52. The van der Waals surface area contributed by atoms with Crippen LogP contribution in [0.4, 0.5) is 10.6 Å². The Morgan fingerprint density at radius 1 is 1.06 bits per heavy atom. The Labute approximate surface area is 175 Å². The minimum absolute atomic E-state index is 0.0404. The standard InChI is InChI=1S/C19H20N8O4/c28-14-1-5-25(17(30)22-14)9-10-27-16(29)19(23-18(27)31)2-6-24(7-3-19)15-13-11-20-12-26(13)8-4-21-15/h1,4-5,8,11-12H,2-3,6-7,9-10H2,(H,23,31)(H,22,28,30). The van der Waals surface area contributed by atoms with Crippen molar-refractivity contribution in [2.24, 2.45) is 0 Å². The second-order valence-electron chi connectivity index (χ2n) is 7.70. The van der Waals surface area contributed by atoms with Crippen molar-refractivity contribution >= 4 is 23.3 Å². The SMILES string of the molecule is O=C1NC2(CCN(c3nccn4cncc34)CC2)C(=O)N1CCn1ccc(=O)[nH]c1=O. The molecule has 12 heteroatoms. The summed E-state index contributed by atoms with van der Waals surface area (Å²) in [5.74, 6) is 0.506. The molecule has 0 aromatic carbocycles. The topological polar surface area (TPSA) is 138 Å². The summed E-state index contributed by atoms with van der Waals surface area (Å²) in [6.45, 7) is 1.25. The van der Waals surface area contributed by atoms with Crippen LogP contribution in [0.15, 0.2) is 46.8 Å². The number of carbonyl (C=O) groups is 2. The molecular formula is C19H20N8O4. The van der Waals surface area contributed by atoms with E-state index >= 15 is 0 Å². The summed E-state index contributed by atoms with van der Waals surface area (Å²) in [5.41, 5.74) is -1.14. The van der Waals surface area contributed by atoms with Gasteiger partial charge in [-0.25, -0.2) is 19.6 Å². The summed E-state index contributed by atoms with van der Waals surface area (Å²) in [6.07, 6.45) is 9.22. The number of hydrogen-bond acceptors (Lipinski definition) is 7. The third kappa shape index (κ3) is 3.16. The van der Waals surface area contributed by atoms with E-state index in [4.69, 9.17) is 0 Å². The number of nitrogens with zero attached hydrogens (tertiary/aromatic N) is 6. The van der Waals surface area contributed by atoms with Crippen LogP contribution in [-0.4, -0.2) is 65.9 Å². The molecule has 1 spiro atoms. The molecule has 2 saturated heterocycles. The van der Waals surface area contributed by atoms with Gasteiger partial charge in [0.15, 0.2) is 5.82 Å². The zero-order valence-electron chi connectivity index (χ0n) is 16.5. The molecule has 3 amide bonds. The molecule has 12 nitrogen and oxygen atoms in total. The normalized spacial score (nSPS) is 18.2. The van der Waals surface area contributed by atoms with E-state index in [2.05, 4.69) is 25.2 Å². The number of anilines is 1. The second kappa shape index (κ2) is 7.07. The number of nitrogens with one attached hydrogen (secondary N) is 2. The maximum absolute atomic E-state index is 13.1. The van der Waals surface area contributed by atoms with Crippen molar-refractivity contribution in [2.75, 3.05) is 24.5 Å². The molecule has 2 fully saturated rings. The Kier molecular flexibility index (Phi) is 4.34. The predicted octanol–water partition coefficient (Wildman–Crippen LogP) is -0.830. The fourth-order valence-electron chi connectivity index (χ4n) is 4.23. The van der Waals surface area contributed by atoms with Gasteiger partial charge in [0.05, 0.1) is 12.5 Å². The van der Waals surface area contributed by atoms with E-state index in [1.165, 1.54) is 16.8 Å². The van der Waals surface area contributed by atoms with E-state index in [1.54, 1.807) is 18.7 Å². The van der Waals surface area contributed by atoms with Crippen molar-refractivity contribution in [2.45, 2.75) is 24.9 Å². The fraction of sp³-hybridized carbons (Fsp3) is 0.368. The van der Waals surface area contributed by atoms with Gasteiger partial charge in [0.2, 0.25) is 0 Å². The maximum Gasteiger partial charge on any atom is 0.328 e. The van der Waals surface area contributed by atoms with Crippen LogP contribution in [0.5, 0.6) is 0 Å². The first-order chi connectivity index (χ1) is 15.0. The van der Waals surface area contributed by atoms with Crippen LogP contribution in [0.3, 0.4) is 0 Å². The number of imidazole rings is 1. The molecule has 31 heavy (non-hydrogen) atoms. The minimum Gasteiger partial charge on any atom is -0.355 e. The lowest BCUT2D eigenvalue weighted by Gasteiger charge is -2.38. The van der Waals surface area contributed by atoms with Crippen LogP contribution in [0, 0.1) is 0 Å². The third-order valence-electron chi connectivity index (χ3n) is 5.94. The van der Waals surface area contributed by atoms with E-state index in [0.717, 1.165) is 16.2 Å². The summed E-state index contributed by atoms with van der Waals surface area (Å²) in [5, 5.41) is 2.86. The number of urea groups is 1. The largest absolute Gasteiger partial charge is 0.355 e. The molecule has 2 aliphatic rings. The van der Waals surface area contributed by atoms with Crippen molar-refractivity contribution < 1.29 is 9.59 Å². The van der Waals surface area contributed by atoms with E-state index in [-0.39, 0.29) is 19.0 Å². The van der Waals surface area contributed by atoms with E-state index in [1.807, 2.05) is 10.6 Å². The van der Waals surface area contributed by atoms with E-state index < -0.39 is 22.8 Å². The van der Waals surface area contributed by atoms with Gasteiger partial charge < -0.3 is 14.6 Å². The maximum atomic E-state index is 13.1. The first kappa shape index (κ1) is 19.0. The van der Waals surface area contributed by atoms with Crippen molar-refractivity contribution in [3.8, 4) is 0 Å². The molecule has 160 valence electrons. The Morgan fingerprint density at radius 2 is 1.87 bits per heavy atom. The average molecular weight is 424 g/mol. The Balaban J connectivity index is 1.29. The van der Waals surface area contributed by atoms with E-state index in [0.29, 0.717) is 25.9 Å². The van der Waals surface area contributed by atoms with Gasteiger partial charge in [-0.2, -0.15) is 0 Å². The fourth-order valence-corrected chi connectivity index (χ4v) is 4.23. The van der Waals surface area contributed by atoms with E-state index in [9.17, 15) is 19.2 Å². The van der Waals surface area contributed by atoms with Gasteiger partial charge >= 0.3 is 11.7 Å². The minimum atomic E-state index is -0.950. The quantitative estimate of drug-likeness (QED) is 0.522. The van der Waals surface area contributed by atoms with Crippen molar-refractivity contribution in [3.05, 3.63) is 58.0 Å². The summed E-state index contributed by atoms with van der Waals surface area (Å²) in [7, 11) is 0. The number of H-pyrrole nitrogens is 1.